The van der Waals surface area contributed by atoms with Gasteiger partial charge < -0.3 is 0 Å². The highest BCUT2D eigenvalue weighted by Gasteiger charge is 2.28. The predicted molar refractivity (Wildman–Crippen MR) is 105 cm³/mol. The lowest BCUT2D eigenvalue weighted by atomic mass is 10.1. The monoisotopic (exact) mass is 355 g/mol. The summed E-state index contributed by atoms with van der Waals surface area (Å²) in [4.78, 5) is 16.7. The van der Waals surface area contributed by atoms with E-state index in [9.17, 15) is 4.79 Å². The molecule has 2 aromatic carbocycles. The minimum atomic E-state index is -0.0113. The Balaban J connectivity index is 1.57. The molecule has 132 valence electrons. The van der Waals surface area contributed by atoms with Gasteiger partial charge in [-0.15, -0.1) is 11.8 Å². The second-order valence-electron chi connectivity index (χ2n) is 6.09. The van der Waals surface area contributed by atoms with Gasteiger partial charge in [-0.1, -0.05) is 55.5 Å². The van der Waals surface area contributed by atoms with Gasteiger partial charge in [-0.2, -0.15) is 0 Å². The van der Waals surface area contributed by atoms with Crippen LogP contribution in [0.25, 0.3) is 0 Å². The maximum absolute atomic E-state index is 12.5. The molecule has 3 rings (SSSR count). The molecule has 1 amide bonds. The van der Waals surface area contributed by atoms with Crippen LogP contribution in [0.3, 0.4) is 0 Å². The molecule has 25 heavy (non-hydrogen) atoms. The molecule has 0 saturated carbocycles. The molecule has 1 unspecified atom stereocenters. The molecule has 1 fully saturated rings. The summed E-state index contributed by atoms with van der Waals surface area (Å²) in [5.41, 5.74) is 2.31. The molecule has 0 bridgehead atoms. The third-order valence-corrected chi connectivity index (χ3v) is 5.51. The van der Waals surface area contributed by atoms with Crippen molar-refractivity contribution in [2.45, 2.75) is 25.3 Å². The Labute approximate surface area is 154 Å². The number of benzene rings is 2. The number of rotatable bonds is 6. The Kier molecular flexibility index (Phi) is 6.50. The Morgan fingerprint density at radius 1 is 1.16 bits per heavy atom. The van der Waals surface area contributed by atoms with Gasteiger partial charge in [0.05, 0.1) is 6.67 Å². The molecule has 1 N–H and O–H groups in total. The second kappa shape index (κ2) is 9.04. The van der Waals surface area contributed by atoms with Gasteiger partial charge in [0.1, 0.15) is 5.50 Å². The van der Waals surface area contributed by atoms with Crippen molar-refractivity contribution in [1.29, 1.82) is 0 Å². The van der Waals surface area contributed by atoms with Crippen LogP contribution in [0.2, 0.25) is 0 Å². The van der Waals surface area contributed by atoms with E-state index in [2.05, 4.69) is 40.5 Å². The van der Waals surface area contributed by atoms with E-state index in [0.717, 1.165) is 31.2 Å². The summed E-state index contributed by atoms with van der Waals surface area (Å²) >= 11 is 1.77. The standard InChI is InChI=1S/C20H25N3OS/c1-2-19(24)23(18-11-7-4-8-12-18)20-21-15-22(16-25-20)14-13-17-9-5-3-6-10-17/h3-12,20-21H,2,13-16H2,1H3. The normalized spacial score (nSPS) is 18.0. The SMILES string of the molecule is CCC(=O)N(c1ccccc1)C1NCN(CCc2ccccc2)CS1. The molecule has 5 heteroatoms. The first-order chi connectivity index (χ1) is 12.3. The average molecular weight is 356 g/mol. The van der Waals surface area contributed by atoms with Crippen LogP contribution in [0, 0.1) is 0 Å². The zero-order valence-electron chi connectivity index (χ0n) is 14.6. The zero-order valence-corrected chi connectivity index (χ0v) is 15.4. The first-order valence-electron chi connectivity index (χ1n) is 8.76. The van der Waals surface area contributed by atoms with E-state index in [1.54, 1.807) is 11.8 Å². The fraction of sp³-hybridized carbons (Fsp3) is 0.350. The number of thioether (sulfide) groups is 1. The van der Waals surface area contributed by atoms with E-state index >= 15 is 0 Å². The quantitative estimate of drug-likeness (QED) is 0.860. The third kappa shape index (κ3) is 4.84. The lowest BCUT2D eigenvalue weighted by Crippen LogP contribution is -2.54. The Morgan fingerprint density at radius 2 is 1.84 bits per heavy atom. The van der Waals surface area contributed by atoms with Crippen molar-refractivity contribution in [3.63, 3.8) is 0 Å². The van der Waals surface area contributed by atoms with Crippen LogP contribution in [0.1, 0.15) is 18.9 Å². The number of hydrogen-bond donors (Lipinski definition) is 1. The van der Waals surface area contributed by atoms with Crippen LogP contribution in [0.5, 0.6) is 0 Å². The highest BCUT2D eigenvalue weighted by atomic mass is 32.2. The largest absolute Gasteiger partial charge is 0.287 e. The average Bonchev–Trinajstić information content (AvgIpc) is 2.69. The van der Waals surface area contributed by atoms with Crippen LogP contribution < -0.4 is 10.2 Å². The van der Waals surface area contributed by atoms with Crippen molar-refractivity contribution >= 4 is 23.4 Å². The van der Waals surface area contributed by atoms with E-state index in [1.165, 1.54) is 5.56 Å². The lowest BCUT2D eigenvalue weighted by molar-refractivity contribution is -0.118. The van der Waals surface area contributed by atoms with Gasteiger partial charge in [0.25, 0.3) is 0 Å². The van der Waals surface area contributed by atoms with E-state index in [1.807, 2.05) is 42.2 Å². The molecule has 4 nitrogen and oxygen atoms in total. The van der Waals surface area contributed by atoms with Gasteiger partial charge in [-0.3, -0.25) is 19.9 Å². The van der Waals surface area contributed by atoms with Crippen molar-refractivity contribution in [2.24, 2.45) is 0 Å². The Hall–Kier alpha value is -1.82. The Bertz CT molecular complexity index is 657. The number of nitrogens with zero attached hydrogens (tertiary/aromatic N) is 2. The molecule has 1 aliphatic heterocycles. The number of amides is 1. The molecule has 0 spiro atoms. The number of anilines is 1. The summed E-state index contributed by atoms with van der Waals surface area (Å²) in [5, 5.41) is 3.51. The minimum absolute atomic E-state index is 0.0113. The molecular formula is C20H25N3OS. The van der Waals surface area contributed by atoms with Crippen LogP contribution >= 0.6 is 11.8 Å². The van der Waals surface area contributed by atoms with Gasteiger partial charge in [0.15, 0.2) is 0 Å². The molecule has 0 radical (unpaired) electrons. The van der Waals surface area contributed by atoms with Crippen molar-refractivity contribution < 1.29 is 4.79 Å². The number of nitrogens with one attached hydrogen (secondary N) is 1. The fourth-order valence-electron chi connectivity index (χ4n) is 2.90. The first kappa shape index (κ1) is 18.0. The summed E-state index contributed by atoms with van der Waals surface area (Å²) in [5.74, 6) is 1.07. The van der Waals surface area contributed by atoms with Gasteiger partial charge >= 0.3 is 0 Å². The van der Waals surface area contributed by atoms with Gasteiger partial charge in [-0.05, 0) is 24.1 Å². The van der Waals surface area contributed by atoms with Crippen molar-refractivity contribution in [3.8, 4) is 0 Å². The third-order valence-electron chi connectivity index (χ3n) is 4.30. The molecule has 1 aliphatic rings. The first-order valence-corrected chi connectivity index (χ1v) is 9.81. The molecular weight excluding hydrogens is 330 g/mol. The molecule has 2 aromatic rings. The van der Waals surface area contributed by atoms with Crippen LogP contribution in [0.15, 0.2) is 60.7 Å². The highest BCUT2D eigenvalue weighted by Crippen LogP contribution is 2.25. The van der Waals surface area contributed by atoms with Crippen molar-refractivity contribution in [1.82, 2.24) is 10.2 Å². The van der Waals surface area contributed by atoms with Crippen molar-refractivity contribution in [2.75, 3.05) is 24.0 Å². The minimum Gasteiger partial charge on any atom is -0.287 e. The topological polar surface area (TPSA) is 35.6 Å². The van der Waals surface area contributed by atoms with E-state index in [0.29, 0.717) is 6.42 Å². The molecule has 0 aromatic heterocycles. The predicted octanol–water partition coefficient (Wildman–Crippen LogP) is 3.51. The Morgan fingerprint density at radius 3 is 2.44 bits per heavy atom. The van der Waals surface area contributed by atoms with Crippen LogP contribution in [0.4, 0.5) is 5.69 Å². The van der Waals surface area contributed by atoms with E-state index in [-0.39, 0.29) is 11.4 Å². The van der Waals surface area contributed by atoms with Gasteiger partial charge in [0, 0.05) is 24.5 Å². The van der Waals surface area contributed by atoms with E-state index < -0.39 is 0 Å². The zero-order chi connectivity index (χ0) is 17.5. The molecule has 0 aliphatic carbocycles. The van der Waals surface area contributed by atoms with Crippen molar-refractivity contribution in [3.05, 3.63) is 66.2 Å². The fourth-order valence-corrected chi connectivity index (χ4v) is 4.05. The van der Waals surface area contributed by atoms with Gasteiger partial charge in [0.2, 0.25) is 5.91 Å². The summed E-state index contributed by atoms with van der Waals surface area (Å²) in [6.45, 7) is 3.73. The maximum atomic E-state index is 12.5. The van der Waals surface area contributed by atoms with E-state index in [4.69, 9.17) is 0 Å². The second-order valence-corrected chi connectivity index (χ2v) is 7.13. The highest BCUT2D eigenvalue weighted by molar-refractivity contribution is 7.99. The summed E-state index contributed by atoms with van der Waals surface area (Å²) in [6.07, 6.45) is 1.55. The lowest BCUT2D eigenvalue weighted by Gasteiger charge is -2.38. The summed E-state index contributed by atoms with van der Waals surface area (Å²) < 4.78 is 0. The number of hydrogen-bond acceptors (Lipinski definition) is 4. The number of carbonyl (C=O) groups is 1. The molecule has 1 saturated heterocycles. The summed E-state index contributed by atoms with van der Waals surface area (Å²) in [7, 11) is 0. The number of carbonyl (C=O) groups excluding carboxylic acids is 1. The number of para-hydroxylation sites is 1. The molecule has 1 atom stereocenters. The van der Waals surface area contributed by atoms with Crippen LogP contribution in [-0.2, 0) is 11.2 Å². The smallest absolute Gasteiger partial charge is 0.228 e. The van der Waals surface area contributed by atoms with Crippen LogP contribution in [-0.4, -0.2) is 35.4 Å². The summed E-state index contributed by atoms with van der Waals surface area (Å²) in [6, 6.07) is 20.5. The molecule has 1 heterocycles. The maximum Gasteiger partial charge on any atom is 0.228 e. The van der Waals surface area contributed by atoms with Gasteiger partial charge in [-0.25, -0.2) is 0 Å².